The number of hydrogen-bond acceptors (Lipinski definition) is 6. The number of imide groups is 1. The van der Waals surface area contributed by atoms with Crippen LogP contribution in [-0.4, -0.2) is 57.6 Å². The number of carboxylic acids is 1. The Balaban J connectivity index is 2.02. The molecule has 1 aliphatic rings. The lowest BCUT2D eigenvalue weighted by atomic mass is 10.1. The summed E-state index contributed by atoms with van der Waals surface area (Å²) < 4.78 is 0. The third-order valence-corrected chi connectivity index (χ3v) is 3.75. The molecule has 0 spiro atoms. The number of likely N-dealkylation sites (N-methyl/N-ethyl adjacent to an activating group) is 1. The van der Waals surface area contributed by atoms with Crippen LogP contribution in [0, 0.1) is 11.1 Å². The van der Waals surface area contributed by atoms with Gasteiger partial charge in [-0.3, -0.25) is 9.59 Å². The molecule has 25 heavy (non-hydrogen) atoms. The Kier molecular flexibility index (Phi) is 5.20. The molecule has 10 heteroatoms. The predicted octanol–water partition coefficient (Wildman–Crippen LogP) is 1.09. The first-order valence-corrected chi connectivity index (χ1v) is 7.46. The fourth-order valence-electron chi connectivity index (χ4n) is 2.53. The molecule has 1 atom stereocenters. The van der Waals surface area contributed by atoms with Crippen molar-refractivity contribution in [3.05, 3.63) is 40.6 Å². The summed E-state index contributed by atoms with van der Waals surface area (Å²) >= 11 is 0. The molecule has 0 saturated carbocycles. The molecule has 2 amide bonds. The van der Waals surface area contributed by atoms with Crippen molar-refractivity contribution in [2.45, 2.75) is 19.9 Å². The van der Waals surface area contributed by atoms with Crippen molar-refractivity contribution >= 4 is 17.8 Å². The van der Waals surface area contributed by atoms with Gasteiger partial charge in [-0.25, -0.2) is 9.69 Å². The molecule has 0 radical (unpaired) electrons. The molecule has 1 aromatic rings. The minimum absolute atomic E-state index is 0.0308. The maximum Gasteiger partial charge on any atom is 0.332 e. The molecule has 0 bridgehead atoms. The summed E-state index contributed by atoms with van der Waals surface area (Å²) in [5.74, 6) is -2.64. The van der Waals surface area contributed by atoms with Crippen LogP contribution < -0.4 is 0 Å². The van der Waals surface area contributed by atoms with Crippen molar-refractivity contribution in [3.63, 3.8) is 0 Å². The summed E-state index contributed by atoms with van der Waals surface area (Å²) in [6, 6.07) is 5.18. The number of hydrogen-bond donors (Lipinski definition) is 1. The SMILES string of the molecule is CC(C)[C@@H](C(=O)O)N(C)/[N+]([O-])=N\OCN1C(=O)c2ccccc2C1=O. The van der Waals surface area contributed by atoms with Gasteiger partial charge in [0, 0.05) is 0 Å². The lowest BCUT2D eigenvalue weighted by molar-refractivity contribution is -0.711. The molecule has 1 N–H and O–H groups in total. The molecule has 10 nitrogen and oxygen atoms in total. The standard InChI is InChI=1S/C15H18N4O6/c1-9(2)12(15(22)23)17(3)19(24)16-25-8-18-13(20)10-6-4-5-7-11(10)14(18)21/h4-7,9,12H,8H2,1-3H3,(H,22,23)/b19-16+/t12-/m0/s1. The number of carbonyl (C=O) groups excluding carboxylic acids is 2. The number of benzene rings is 1. The highest BCUT2D eigenvalue weighted by molar-refractivity contribution is 6.21. The number of hydrazine groups is 1. The van der Waals surface area contributed by atoms with E-state index in [1.54, 1.807) is 26.0 Å². The Labute approximate surface area is 143 Å². The molecule has 0 aliphatic carbocycles. The molecule has 1 heterocycles. The summed E-state index contributed by atoms with van der Waals surface area (Å²) in [4.78, 5) is 41.0. The monoisotopic (exact) mass is 350 g/mol. The van der Waals surface area contributed by atoms with E-state index in [4.69, 9.17) is 9.94 Å². The fourth-order valence-corrected chi connectivity index (χ4v) is 2.53. The number of aliphatic carboxylic acids is 1. The first kappa shape index (κ1) is 18.2. The third-order valence-electron chi connectivity index (χ3n) is 3.75. The van der Waals surface area contributed by atoms with Crippen LogP contribution in [0.15, 0.2) is 29.5 Å². The number of nitrogens with zero attached hydrogens (tertiary/aromatic N) is 4. The van der Waals surface area contributed by atoms with Crippen LogP contribution in [0.5, 0.6) is 0 Å². The van der Waals surface area contributed by atoms with Crippen molar-refractivity contribution in [1.29, 1.82) is 0 Å². The molecule has 0 aromatic heterocycles. The Bertz CT molecular complexity index is 697. The van der Waals surface area contributed by atoms with E-state index in [0.29, 0.717) is 0 Å². The highest BCUT2D eigenvalue weighted by Crippen LogP contribution is 2.22. The summed E-state index contributed by atoms with van der Waals surface area (Å²) in [5.41, 5.74) is 0.496. The van der Waals surface area contributed by atoms with Gasteiger partial charge in [0.15, 0.2) is 6.04 Å². The summed E-state index contributed by atoms with van der Waals surface area (Å²) in [6.45, 7) is 2.73. The smallest absolute Gasteiger partial charge is 0.332 e. The second-order valence-corrected chi connectivity index (χ2v) is 5.78. The van der Waals surface area contributed by atoms with Gasteiger partial charge in [0.25, 0.3) is 11.8 Å². The van der Waals surface area contributed by atoms with E-state index in [1.807, 2.05) is 0 Å². The van der Waals surface area contributed by atoms with Crippen molar-refractivity contribution in [3.8, 4) is 0 Å². The first-order valence-electron chi connectivity index (χ1n) is 7.46. The van der Waals surface area contributed by atoms with Gasteiger partial charge >= 0.3 is 5.97 Å². The number of carboxylic acid groups (broad SMARTS) is 1. The summed E-state index contributed by atoms with van der Waals surface area (Å²) in [7, 11) is 1.25. The number of rotatable bonds is 7. The second kappa shape index (κ2) is 7.16. The van der Waals surface area contributed by atoms with Gasteiger partial charge in [0.05, 0.1) is 23.1 Å². The van der Waals surface area contributed by atoms with Gasteiger partial charge in [0.2, 0.25) is 12.0 Å². The van der Waals surface area contributed by atoms with Crippen LogP contribution in [-0.2, 0) is 9.63 Å². The molecule has 0 fully saturated rings. The first-order chi connectivity index (χ1) is 11.8. The third kappa shape index (κ3) is 3.52. The minimum Gasteiger partial charge on any atom is -0.569 e. The Morgan fingerprint density at radius 3 is 2.28 bits per heavy atom. The van der Waals surface area contributed by atoms with Crippen molar-refractivity contribution in [2.24, 2.45) is 11.2 Å². The molecule has 1 aliphatic heterocycles. The maximum absolute atomic E-state index is 12.1. The molecule has 0 saturated heterocycles. The molecular weight excluding hydrogens is 332 g/mol. The summed E-state index contributed by atoms with van der Waals surface area (Å²) in [5, 5.41) is 25.0. The van der Waals surface area contributed by atoms with Gasteiger partial charge in [0.1, 0.15) is 0 Å². The van der Waals surface area contributed by atoms with E-state index in [1.165, 1.54) is 19.2 Å². The zero-order valence-electron chi connectivity index (χ0n) is 13.9. The Morgan fingerprint density at radius 2 is 1.84 bits per heavy atom. The fraction of sp³-hybridized carbons (Fsp3) is 0.400. The van der Waals surface area contributed by atoms with Gasteiger partial charge < -0.3 is 15.2 Å². The van der Waals surface area contributed by atoms with E-state index >= 15 is 0 Å². The second-order valence-electron chi connectivity index (χ2n) is 5.78. The normalized spacial score (nSPS) is 15.4. The number of amides is 2. The van der Waals surface area contributed by atoms with Crippen LogP contribution in [0.3, 0.4) is 0 Å². The van der Waals surface area contributed by atoms with Crippen LogP contribution >= 0.6 is 0 Å². The van der Waals surface area contributed by atoms with Gasteiger partial charge in [-0.15, -0.1) is 5.01 Å². The highest BCUT2D eigenvalue weighted by atomic mass is 16.7. The Morgan fingerprint density at radius 1 is 1.32 bits per heavy atom. The van der Waals surface area contributed by atoms with E-state index < -0.39 is 30.6 Å². The zero-order valence-corrected chi connectivity index (χ0v) is 13.9. The molecule has 1 aromatic carbocycles. The average Bonchev–Trinajstić information content (AvgIpc) is 2.79. The lowest BCUT2D eigenvalue weighted by Gasteiger charge is -2.23. The topological polar surface area (TPSA) is 126 Å². The maximum atomic E-state index is 12.1. The van der Waals surface area contributed by atoms with Crippen LogP contribution in [0.2, 0.25) is 0 Å². The number of fused-ring (bicyclic) bond motifs is 1. The predicted molar refractivity (Wildman–Crippen MR) is 83.0 cm³/mol. The minimum atomic E-state index is -1.19. The average molecular weight is 350 g/mol. The van der Waals surface area contributed by atoms with E-state index in [0.717, 1.165) is 9.91 Å². The largest absolute Gasteiger partial charge is 0.569 e. The number of carbonyl (C=O) groups is 3. The van der Waals surface area contributed by atoms with Crippen molar-refractivity contribution < 1.29 is 29.3 Å². The van der Waals surface area contributed by atoms with Crippen molar-refractivity contribution in [2.75, 3.05) is 13.8 Å². The zero-order chi connectivity index (χ0) is 18.7. The quantitative estimate of drug-likeness (QED) is 0.337. The van der Waals surface area contributed by atoms with Crippen LogP contribution in [0.25, 0.3) is 0 Å². The molecule has 134 valence electrons. The van der Waals surface area contributed by atoms with Crippen LogP contribution in [0.1, 0.15) is 34.6 Å². The van der Waals surface area contributed by atoms with Gasteiger partial charge in [-0.1, -0.05) is 26.0 Å². The molecular formula is C15H18N4O6. The van der Waals surface area contributed by atoms with E-state index in [2.05, 4.69) is 5.28 Å². The van der Waals surface area contributed by atoms with E-state index in [9.17, 15) is 19.6 Å². The van der Waals surface area contributed by atoms with Gasteiger partial charge in [-0.05, 0) is 18.1 Å². The van der Waals surface area contributed by atoms with Crippen molar-refractivity contribution in [1.82, 2.24) is 9.91 Å². The van der Waals surface area contributed by atoms with E-state index in [-0.39, 0.29) is 22.0 Å². The molecule has 0 unspecified atom stereocenters. The van der Waals surface area contributed by atoms with Crippen LogP contribution in [0.4, 0.5) is 0 Å². The lowest BCUT2D eigenvalue weighted by Crippen LogP contribution is -2.45. The Hall–Kier alpha value is -3.17. The van der Waals surface area contributed by atoms with Gasteiger partial charge in [-0.2, -0.15) is 0 Å². The molecule has 2 rings (SSSR count). The highest BCUT2D eigenvalue weighted by Gasteiger charge is 2.36. The summed E-state index contributed by atoms with van der Waals surface area (Å²) in [6.07, 6.45) is 0.